The molecule has 0 saturated carbocycles. The first-order valence-corrected chi connectivity index (χ1v) is 8.14. The van der Waals surface area contributed by atoms with E-state index >= 15 is 0 Å². The zero-order chi connectivity index (χ0) is 18.2. The third-order valence-electron chi connectivity index (χ3n) is 3.97. The molecule has 0 bridgehead atoms. The van der Waals surface area contributed by atoms with Crippen molar-refractivity contribution in [3.05, 3.63) is 23.8 Å². The minimum absolute atomic E-state index is 0.0317. The fourth-order valence-electron chi connectivity index (χ4n) is 2.60. The molecule has 1 aromatic rings. The molecule has 3 amide bonds. The van der Waals surface area contributed by atoms with Crippen LogP contribution in [0.1, 0.15) is 36.0 Å². The first-order valence-electron chi connectivity index (χ1n) is 8.14. The van der Waals surface area contributed by atoms with Crippen LogP contribution < -0.4 is 20.3 Å². The molecule has 2 N–H and O–H groups in total. The lowest BCUT2D eigenvalue weighted by molar-refractivity contribution is -0.135. The Hall–Kier alpha value is -2.77. The van der Waals surface area contributed by atoms with Crippen LogP contribution in [-0.2, 0) is 9.59 Å². The Bertz CT molecular complexity index is 647. The van der Waals surface area contributed by atoms with E-state index in [2.05, 4.69) is 10.9 Å². The summed E-state index contributed by atoms with van der Waals surface area (Å²) in [7, 11) is 2.95. The third kappa shape index (κ3) is 5.10. The number of rotatable bonds is 5. The summed E-state index contributed by atoms with van der Waals surface area (Å²) in [6.07, 6.45) is 3.18. The number of carbonyl (C=O) groups excluding carboxylic acids is 3. The molecule has 1 fully saturated rings. The SMILES string of the molecule is COc1ccc(C(=O)NNC(=O)CN2CCCCCC2=O)c(OC)c1. The predicted molar refractivity (Wildman–Crippen MR) is 90.2 cm³/mol. The Morgan fingerprint density at radius 3 is 2.64 bits per heavy atom. The summed E-state index contributed by atoms with van der Waals surface area (Å²) in [5.41, 5.74) is 4.92. The predicted octanol–water partition coefficient (Wildman–Crippen LogP) is 0.867. The van der Waals surface area contributed by atoms with Crippen molar-refractivity contribution in [2.75, 3.05) is 27.3 Å². The standard InChI is InChI=1S/C17H23N3O5/c1-24-12-7-8-13(14(10-12)25-2)17(23)19-18-15(21)11-20-9-5-3-4-6-16(20)22/h7-8,10H,3-6,9,11H2,1-2H3,(H,18,21)(H,19,23). The number of carbonyl (C=O) groups is 3. The van der Waals surface area contributed by atoms with Gasteiger partial charge in [0.25, 0.3) is 11.8 Å². The molecule has 0 atom stereocenters. The van der Waals surface area contributed by atoms with E-state index in [1.54, 1.807) is 12.1 Å². The largest absolute Gasteiger partial charge is 0.497 e. The van der Waals surface area contributed by atoms with Gasteiger partial charge in [0.15, 0.2) is 0 Å². The summed E-state index contributed by atoms with van der Waals surface area (Å²) in [6, 6.07) is 4.74. The minimum atomic E-state index is -0.518. The molecule has 0 unspecified atom stereocenters. The molecular weight excluding hydrogens is 326 g/mol. The van der Waals surface area contributed by atoms with Gasteiger partial charge in [-0.25, -0.2) is 0 Å². The molecule has 2 rings (SSSR count). The minimum Gasteiger partial charge on any atom is -0.497 e. The van der Waals surface area contributed by atoms with E-state index in [0.717, 1.165) is 19.3 Å². The fourth-order valence-corrected chi connectivity index (χ4v) is 2.60. The van der Waals surface area contributed by atoms with Gasteiger partial charge in [0, 0.05) is 19.0 Å². The molecule has 136 valence electrons. The number of amides is 3. The summed E-state index contributed by atoms with van der Waals surface area (Å²) in [5.74, 6) is -0.118. The van der Waals surface area contributed by atoms with Crippen LogP contribution in [0.25, 0.3) is 0 Å². The van der Waals surface area contributed by atoms with Gasteiger partial charge in [-0.1, -0.05) is 6.42 Å². The Morgan fingerprint density at radius 1 is 1.12 bits per heavy atom. The number of ether oxygens (including phenoxy) is 2. The highest BCUT2D eigenvalue weighted by Gasteiger charge is 2.20. The van der Waals surface area contributed by atoms with Crippen LogP contribution in [0.4, 0.5) is 0 Å². The molecule has 0 spiro atoms. The Kier molecular flexibility index (Phi) is 6.62. The van der Waals surface area contributed by atoms with Gasteiger partial charge in [-0.05, 0) is 25.0 Å². The number of hydrazine groups is 1. The highest BCUT2D eigenvalue weighted by molar-refractivity contribution is 5.98. The van der Waals surface area contributed by atoms with Gasteiger partial charge in [-0.2, -0.15) is 0 Å². The third-order valence-corrected chi connectivity index (χ3v) is 3.97. The second-order valence-electron chi connectivity index (χ2n) is 5.69. The van der Waals surface area contributed by atoms with E-state index in [1.807, 2.05) is 0 Å². The molecule has 8 nitrogen and oxygen atoms in total. The van der Waals surface area contributed by atoms with Crippen LogP contribution in [-0.4, -0.2) is 49.9 Å². The van der Waals surface area contributed by atoms with Crippen LogP contribution >= 0.6 is 0 Å². The Morgan fingerprint density at radius 2 is 1.92 bits per heavy atom. The summed E-state index contributed by atoms with van der Waals surface area (Å²) in [5, 5.41) is 0. The maximum atomic E-state index is 12.2. The number of hydrogen-bond acceptors (Lipinski definition) is 5. The second-order valence-corrected chi connectivity index (χ2v) is 5.69. The molecule has 1 aliphatic heterocycles. The highest BCUT2D eigenvalue weighted by Crippen LogP contribution is 2.24. The van der Waals surface area contributed by atoms with Gasteiger partial charge in [0.2, 0.25) is 5.91 Å². The number of likely N-dealkylation sites (tertiary alicyclic amines) is 1. The molecular formula is C17H23N3O5. The number of nitrogens with one attached hydrogen (secondary N) is 2. The van der Waals surface area contributed by atoms with Crippen LogP contribution in [0, 0.1) is 0 Å². The lowest BCUT2D eigenvalue weighted by Gasteiger charge is -2.20. The van der Waals surface area contributed by atoms with Crippen molar-refractivity contribution in [1.29, 1.82) is 0 Å². The van der Waals surface area contributed by atoms with Crippen molar-refractivity contribution in [3.8, 4) is 11.5 Å². The molecule has 1 heterocycles. The molecule has 25 heavy (non-hydrogen) atoms. The van der Waals surface area contributed by atoms with Gasteiger partial charge >= 0.3 is 0 Å². The van der Waals surface area contributed by atoms with Crippen LogP contribution in [0.3, 0.4) is 0 Å². The maximum absolute atomic E-state index is 12.2. The maximum Gasteiger partial charge on any atom is 0.273 e. The van der Waals surface area contributed by atoms with Crippen molar-refractivity contribution in [1.82, 2.24) is 15.8 Å². The Balaban J connectivity index is 1.90. The molecule has 0 radical (unpaired) electrons. The first kappa shape index (κ1) is 18.6. The summed E-state index contributed by atoms with van der Waals surface area (Å²) < 4.78 is 10.2. The molecule has 8 heteroatoms. The summed E-state index contributed by atoms with van der Waals surface area (Å²) in [4.78, 5) is 37.6. The van der Waals surface area contributed by atoms with Crippen LogP contribution in [0.15, 0.2) is 18.2 Å². The zero-order valence-electron chi connectivity index (χ0n) is 14.5. The number of nitrogens with zero attached hydrogens (tertiary/aromatic N) is 1. The monoisotopic (exact) mass is 349 g/mol. The van der Waals surface area contributed by atoms with Crippen molar-refractivity contribution < 1.29 is 23.9 Å². The first-order chi connectivity index (χ1) is 12.0. The van der Waals surface area contributed by atoms with Gasteiger partial charge in [0.05, 0.1) is 19.8 Å². The molecule has 0 aliphatic carbocycles. The average molecular weight is 349 g/mol. The zero-order valence-corrected chi connectivity index (χ0v) is 14.5. The van der Waals surface area contributed by atoms with E-state index in [1.165, 1.54) is 25.2 Å². The quantitative estimate of drug-likeness (QED) is 0.769. The second kappa shape index (κ2) is 8.91. The summed E-state index contributed by atoms with van der Waals surface area (Å²) >= 11 is 0. The van der Waals surface area contributed by atoms with E-state index in [0.29, 0.717) is 24.5 Å². The lowest BCUT2D eigenvalue weighted by atomic mass is 10.2. The molecule has 0 aromatic heterocycles. The van der Waals surface area contributed by atoms with Crippen molar-refractivity contribution in [2.45, 2.75) is 25.7 Å². The van der Waals surface area contributed by atoms with Gasteiger partial charge in [0.1, 0.15) is 18.0 Å². The topological polar surface area (TPSA) is 97.0 Å². The number of hydrogen-bond donors (Lipinski definition) is 2. The van der Waals surface area contributed by atoms with E-state index in [4.69, 9.17) is 9.47 Å². The normalized spacial score (nSPS) is 14.5. The van der Waals surface area contributed by atoms with Gasteiger partial charge in [-0.3, -0.25) is 25.2 Å². The van der Waals surface area contributed by atoms with Gasteiger partial charge < -0.3 is 14.4 Å². The molecule has 1 aromatic carbocycles. The van der Waals surface area contributed by atoms with Crippen molar-refractivity contribution >= 4 is 17.7 Å². The van der Waals surface area contributed by atoms with Crippen LogP contribution in [0.2, 0.25) is 0 Å². The smallest absolute Gasteiger partial charge is 0.273 e. The highest BCUT2D eigenvalue weighted by atomic mass is 16.5. The van der Waals surface area contributed by atoms with Crippen LogP contribution in [0.5, 0.6) is 11.5 Å². The number of methoxy groups -OCH3 is 2. The Labute approximate surface area is 146 Å². The average Bonchev–Trinajstić information content (AvgIpc) is 2.83. The molecule has 1 saturated heterocycles. The molecule has 1 aliphatic rings. The van der Waals surface area contributed by atoms with Crippen molar-refractivity contribution in [3.63, 3.8) is 0 Å². The fraction of sp³-hybridized carbons (Fsp3) is 0.471. The van der Waals surface area contributed by atoms with E-state index in [-0.39, 0.29) is 18.0 Å². The van der Waals surface area contributed by atoms with E-state index in [9.17, 15) is 14.4 Å². The lowest BCUT2D eigenvalue weighted by Crippen LogP contribution is -2.47. The van der Waals surface area contributed by atoms with Crippen molar-refractivity contribution in [2.24, 2.45) is 0 Å². The van der Waals surface area contributed by atoms with E-state index < -0.39 is 11.8 Å². The van der Waals surface area contributed by atoms with Gasteiger partial charge in [-0.15, -0.1) is 0 Å². The summed E-state index contributed by atoms with van der Waals surface area (Å²) in [6.45, 7) is 0.491. The number of benzene rings is 1.